The molecule has 3 atom stereocenters. The predicted molar refractivity (Wildman–Crippen MR) is 65.1 cm³/mol. The molecular formula is C13H27NO. The summed E-state index contributed by atoms with van der Waals surface area (Å²) in [5.41, 5.74) is 0. The second-order valence-electron chi connectivity index (χ2n) is 4.91. The van der Waals surface area contributed by atoms with Crippen LogP contribution in [0.5, 0.6) is 0 Å². The summed E-state index contributed by atoms with van der Waals surface area (Å²) in [5.74, 6) is 0.775. The van der Waals surface area contributed by atoms with Gasteiger partial charge in [-0.1, -0.05) is 20.3 Å². The van der Waals surface area contributed by atoms with E-state index in [1.54, 1.807) is 0 Å². The average Bonchev–Trinajstić information content (AvgIpc) is 2.29. The topological polar surface area (TPSA) is 21.3 Å². The van der Waals surface area contributed by atoms with E-state index in [-0.39, 0.29) is 0 Å². The molecule has 1 N–H and O–H groups in total. The van der Waals surface area contributed by atoms with Crippen LogP contribution < -0.4 is 5.32 Å². The molecule has 1 aliphatic rings. The van der Waals surface area contributed by atoms with Gasteiger partial charge in [0.05, 0.1) is 6.10 Å². The van der Waals surface area contributed by atoms with E-state index in [1.165, 1.54) is 32.1 Å². The molecule has 0 spiro atoms. The van der Waals surface area contributed by atoms with Crippen molar-refractivity contribution < 1.29 is 4.74 Å². The van der Waals surface area contributed by atoms with Gasteiger partial charge in [0.25, 0.3) is 0 Å². The van der Waals surface area contributed by atoms with Crippen molar-refractivity contribution in [1.29, 1.82) is 0 Å². The molecule has 0 saturated carbocycles. The molecule has 1 heterocycles. The monoisotopic (exact) mass is 213 g/mol. The van der Waals surface area contributed by atoms with Crippen LogP contribution in [0, 0.1) is 5.92 Å². The molecule has 1 saturated heterocycles. The number of nitrogens with one attached hydrogen (secondary N) is 1. The van der Waals surface area contributed by atoms with Gasteiger partial charge in [0, 0.05) is 12.6 Å². The van der Waals surface area contributed by atoms with Crippen molar-refractivity contribution in [2.45, 2.75) is 65.0 Å². The standard InChI is InChI=1S/C13H27NO/c1-4-11(2)12(3)14-9-8-13-7-5-6-10-15-13/h11-14H,4-10H2,1-3H3. The summed E-state index contributed by atoms with van der Waals surface area (Å²) in [5, 5.41) is 3.60. The van der Waals surface area contributed by atoms with Gasteiger partial charge >= 0.3 is 0 Å². The predicted octanol–water partition coefficient (Wildman–Crippen LogP) is 2.97. The zero-order chi connectivity index (χ0) is 11.1. The summed E-state index contributed by atoms with van der Waals surface area (Å²) >= 11 is 0. The Morgan fingerprint density at radius 3 is 2.73 bits per heavy atom. The van der Waals surface area contributed by atoms with Crippen LogP contribution in [-0.4, -0.2) is 25.3 Å². The third kappa shape index (κ3) is 4.98. The van der Waals surface area contributed by atoms with Gasteiger partial charge in [0.2, 0.25) is 0 Å². The van der Waals surface area contributed by atoms with Crippen molar-refractivity contribution in [2.75, 3.05) is 13.2 Å². The molecule has 0 aromatic rings. The van der Waals surface area contributed by atoms with Crippen molar-refractivity contribution in [1.82, 2.24) is 5.32 Å². The van der Waals surface area contributed by atoms with Crippen molar-refractivity contribution in [3.05, 3.63) is 0 Å². The molecule has 0 aromatic carbocycles. The van der Waals surface area contributed by atoms with Crippen LogP contribution >= 0.6 is 0 Å². The Balaban J connectivity index is 2.04. The van der Waals surface area contributed by atoms with Gasteiger partial charge in [0.15, 0.2) is 0 Å². The summed E-state index contributed by atoms with van der Waals surface area (Å²) in [6.45, 7) is 8.94. The van der Waals surface area contributed by atoms with E-state index < -0.39 is 0 Å². The molecular weight excluding hydrogens is 186 g/mol. The highest BCUT2D eigenvalue weighted by atomic mass is 16.5. The zero-order valence-corrected chi connectivity index (χ0v) is 10.6. The third-order valence-electron chi connectivity index (χ3n) is 3.70. The minimum Gasteiger partial charge on any atom is -0.378 e. The Labute approximate surface area is 94.8 Å². The lowest BCUT2D eigenvalue weighted by molar-refractivity contribution is 0.0110. The molecule has 0 aromatic heterocycles. The van der Waals surface area contributed by atoms with Crippen LogP contribution in [0.25, 0.3) is 0 Å². The smallest absolute Gasteiger partial charge is 0.0587 e. The first-order valence-electron chi connectivity index (χ1n) is 6.59. The first kappa shape index (κ1) is 13.0. The minimum atomic E-state index is 0.524. The second-order valence-corrected chi connectivity index (χ2v) is 4.91. The maximum Gasteiger partial charge on any atom is 0.0587 e. The van der Waals surface area contributed by atoms with Gasteiger partial charge in [-0.3, -0.25) is 0 Å². The quantitative estimate of drug-likeness (QED) is 0.732. The van der Waals surface area contributed by atoms with Crippen molar-refractivity contribution in [3.8, 4) is 0 Å². The van der Waals surface area contributed by atoms with E-state index in [0.717, 1.165) is 19.1 Å². The van der Waals surface area contributed by atoms with Crippen LogP contribution in [0.4, 0.5) is 0 Å². The minimum absolute atomic E-state index is 0.524. The molecule has 3 unspecified atom stereocenters. The lowest BCUT2D eigenvalue weighted by Crippen LogP contribution is -2.34. The molecule has 1 aliphatic heterocycles. The van der Waals surface area contributed by atoms with Gasteiger partial charge in [-0.25, -0.2) is 0 Å². The average molecular weight is 213 g/mol. The molecule has 2 nitrogen and oxygen atoms in total. The highest BCUT2D eigenvalue weighted by molar-refractivity contribution is 4.70. The Kier molecular flexibility index (Phi) is 6.26. The number of hydrogen-bond acceptors (Lipinski definition) is 2. The highest BCUT2D eigenvalue weighted by Crippen LogP contribution is 2.15. The Hall–Kier alpha value is -0.0800. The number of rotatable bonds is 6. The maximum atomic E-state index is 5.71. The fourth-order valence-corrected chi connectivity index (χ4v) is 2.06. The molecule has 0 aliphatic carbocycles. The van der Waals surface area contributed by atoms with E-state index in [9.17, 15) is 0 Å². The SMILES string of the molecule is CCC(C)C(C)NCCC1CCCCO1. The van der Waals surface area contributed by atoms with Crippen LogP contribution in [0.3, 0.4) is 0 Å². The largest absolute Gasteiger partial charge is 0.378 e. The van der Waals surface area contributed by atoms with E-state index in [4.69, 9.17) is 4.74 Å². The highest BCUT2D eigenvalue weighted by Gasteiger charge is 2.14. The fourth-order valence-electron chi connectivity index (χ4n) is 2.06. The Morgan fingerprint density at radius 2 is 2.13 bits per heavy atom. The molecule has 90 valence electrons. The van der Waals surface area contributed by atoms with Crippen LogP contribution in [0.15, 0.2) is 0 Å². The Bertz CT molecular complexity index is 153. The summed E-state index contributed by atoms with van der Waals surface area (Å²) in [6, 6.07) is 0.638. The molecule has 0 bridgehead atoms. The Morgan fingerprint density at radius 1 is 1.33 bits per heavy atom. The first-order valence-corrected chi connectivity index (χ1v) is 6.59. The lowest BCUT2D eigenvalue weighted by atomic mass is 10.0. The molecule has 1 fully saturated rings. The van der Waals surface area contributed by atoms with Crippen molar-refractivity contribution >= 4 is 0 Å². The van der Waals surface area contributed by atoms with E-state index >= 15 is 0 Å². The van der Waals surface area contributed by atoms with Gasteiger partial charge in [-0.15, -0.1) is 0 Å². The molecule has 0 amide bonds. The van der Waals surface area contributed by atoms with Crippen LogP contribution in [-0.2, 0) is 4.74 Å². The number of ether oxygens (including phenoxy) is 1. The summed E-state index contributed by atoms with van der Waals surface area (Å²) < 4.78 is 5.71. The van der Waals surface area contributed by atoms with E-state index in [1.807, 2.05) is 0 Å². The summed E-state index contributed by atoms with van der Waals surface area (Å²) in [6.07, 6.45) is 6.84. The molecule has 1 rings (SSSR count). The number of hydrogen-bond donors (Lipinski definition) is 1. The molecule has 15 heavy (non-hydrogen) atoms. The lowest BCUT2D eigenvalue weighted by Gasteiger charge is -2.25. The first-order chi connectivity index (χ1) is 7.24. The van der Waals surface area contributed by atoms with E-state index in [2.05, 4.69) is 26.1 Å². The molecule has 2 heteroatoms. The van der Waals surface area contributed by atoms with E-state index in [0.29, 0.717) is 12.1 Å². The normalized spacial score (nSPS) is 26.2. The van der Waals surface area contributed by atoms with Gasteiger partial charge < -0.3 is 10.1 Å². The zero-order valence-electron chi connectivity index (χ0n) is 10.6. The summed E-state index contributed by atoms with van der Waals surface area (Å²) in [4.78, 5) is 0. The van der Waals surface area contributed by atoms with Gasteiger partial charge in [-0.05, 0) is 45.1 Å². The maximum absolute atomic E-state index is 5.71. The summed E-state index contributed by atoms with van der Waals surface area (Å²) in [7, 11) is 0. The van der Waals surface area contributed by atoms with Crippen molar-refractivity contribution in [2.24, 2.45) is 5.92 Å². The van der Waals surface area contributed by atoms with Gasteiger partial charge in [-0.2, -0.15) is 0 Å². The third-order valence-corrected chi connectivity index (χ3v) is 3.70. The van der Waals surface area contributed by atoms with Crippen LogP contribution in [0.2, 0.25) is 0 Å². The van der Waals surface area contributed by atoms with Crippen molar-refractivity contribution in [3.63, 3.8) is 0 Å². The van der Waals surface area contributed by atoms with Gasteiger partial charge in [0.1, 0.15) is 0 Å². The fraction of sp³-hybridized carbons (Fsp3) is 1.00. The second kappa shape index (κ2) is 7.24. The van der Waals surface area contributed by atoms with Crippen LogP contribution in [0.1, 0.15) is 52.9 Å². The molecule has 0 radical (unpaired) electrons.